The van der Waals surface area contributed by atoms with E-state index in [2.05, 4.69) is 49.5 Å². The van der Waals surface area contributed by atoms with Gasteiger partial charge in [0.25, 0.3) is 0 Å². The maximum atomic E-state index is 13.6. The van der Waals surface area contributed by atoms with Crippen LogP contribution >= 0.6 is 0 Å². The molecule has 1 atom stereocenters. The molecule has 3 fully saturated rings. The van der Waals surface area contributed by atoms with Crippen LogP contribution in [-0.4, -0.2) is 86.7 Å². The highest BCUT2D eigenvalue weighted by molar-refractivity contribution is 6.00. The number of carbonyl (C=O) groups excluding carboxylic acids is 3. The molecule has 0 aliphatic carbocycles. The number of ether oxygens (including phenoxy) is 1. The van der Waals surface area contributed by atoms with Crippen molar-refractivity contribution in [2.45, 2.75) is 110 Å². The minimum atomic E-state index is -0.749. The predicted molar refractivity (Wildman–Crippen MR) is 173 cm³/mol. The number of rotatable bonds is 10. The summed E-state index contributed by atoms with van der Waals surface area (Å²) in [5.41, 5.74) is 3.67. The summed E-state index contributed by atoms with van der Waals surface area (Å²) < 4.78 is 7.72. The maximum Gasteiger partial charge on any atom is 0.410 e. The highest BCUT2D eigenvalue weighted by Gasteiger charge is 2.53. The molecule has 10 nitrogen and oxygen atoms in total. The summed E-state index contributed by atoms with van der Waals surface area (Å²) >= 11 is 0. The van der Waals surface area contributed by atoms with Gasteiger partial charge in [0.1, 0.15) is 18.2 Å². The molecule has 1 spiro atoms. The number of unbranched alkanes of at least 4 members (excludes halogenated alkanes) is 1. The van der Waals surface area contributed by atoms with Crippen molar-refractivity contribution in [3.8, 4) is 0 Å². The molecule has 5 rings (SSSR count). The van der Waals surface area contributed by atoms with E-state index in [1.54, 1.807) is 4.90 Å². The Morgan fingerprint density at radius 2 is 1.76 bits per heavy atom. The minimum Gasteiger partial charge on any atom is -0.445 e. The van der Waals surface area contributed by atoms with Gasteiger partial charge < -0.3 is 19.9 Å². The lowest BCUT2D eigenvalue weighted by Crippen LogP contribution is -2.73. The number of amides is 3. The molecular weight excluding hydrogens is 568 g/mol. The minimum absolute atomic E-state index is 0.0268. The van der Waals surface area contributed by atoms with E-state index in [0.29, 0.717) is 44.8 Å². The number of nitrogens with zero attached hydrogens (tertiary/aromatic N) is 5. The average molecular weight is 621 g/mol. The molecule has 3 aliphatic heterocycles. The summed E-state index contributed by atoms with van der Waals surface area (Å²) in [5.74, 6) is 0.456. The zero-order chi connectivity index (χ0) is 32.1. The van der Waals surface area contributed by atoms with Crippen molar-refractivity contribution in [1.82, 2.24) is 29.8 Å². The predicted octanol–water partition coefficient (Wildman–Crippen LogP) is 4.98. The number of benzene rings is 1. The number of carbonyl (C=O) groups is 3. The lowest BCUT2D eigenvalue weighted by atomic mass is 9.80. The van der Waals surface area contributed by atoms with Gasteiger partial charge in [0.15, 0.2) is 0 Å². The van der Waals surface area contributed by atoms with E-state index in [9.17, 15) is 14.4 Å². The topological polar surface area (TPSA) is 100 Å². The second-order valence-electron chi connectivity index (χ2n) is 13.7. The Morgan fingerprint density at radius 3 is 2.40 bits per heavy atom. The molecule has 0 radical (unpaired) electrons. The summed E-state index contributed by atoms with van der Waals surface area (Å²) in [6.45, 7) is 15.1. The van der Waals surface area contributed by atoms with Gasteiger partial charge in [0, 0.05) is 50.5 Å². The van der Waals surface area contributed by atoms with Gasteiger partial charge in [-0.25, -0.2) is 4.79 Å². The van der Waals surface area contributed by atoms with E-state index < -0.39 is 11.6 Å². The molecular formula is C35H52N6O4. The van der Waals surface area contributed by atoms with Crippen LogP contribution in [0.3, 0.4) is 0 Å². The van der Waals surface area contributed by atoms with Gasteiger partial charge in [0.05, 0.1) is 11.7 Å². The van der Waals surface area contributed by atoms with Crippen LogP contribution in [0.5, 0.6) is 0 Å². The summed E-state index contributed by atoms with van der Waals surface area (Å²) in [7, 11) is 0. The van der Waals surface area contributed by atoms with Crippen LogP contribution in [0.25, 0.3) is 0 Å². The first-order valence-electron chi connectivity index (χ1n) is 17.0. The molecule has 10 heteroatoms. The molecule has 1 N–H and O–H groups in total. The lowest BCUT2D eigenvalue weighted by molar-refractivity contribution is -0.161. The fourth-order valence-corrected chi connectivity index (χ4v) is 7.33. The number of piperidine rings is 2. The van der Waals surface area contributed by atoms with E-state index in [1.165, 1.54) is 11.3 Å². The first-order chi connectivity index (χ1) is 21.6. The number of hydrogen-bond donors (Lipinski definition) is 1. The highest BCUT2D eigenvalue weighted by Crippen LogP contribution is 2.35. The summed E-state index contributed by atoms with van der Waals surface area (Å²) in [6.07, 6.45) is 5.28. The zero-order valence-corrected chi connectivity index (χ0v) is 27.9. The van der Waals surface area contributed by atoms with Crippen LogP contribution in [0.1, 0.15) is 94.3 Å². The monoisotopic (exact) mass is 620 g/mol. The first kappa shape index (κ1) is 33.0. The van der Waals surface area contributed by atoms with E-state index in [1.807, 2.05) is 35.2 Å². The van der Waals surface area contributed by atoms with E-state index >= 15 is 0 Å². The van der Waals surface area contributed by atoms with E-state index in [4.69, 9.17) is 9.84 Å². The Kier molecular flexibility index (Phi) is 10.5. The zero-order valence-electron chi connectivity index (χ0n) is 27.9. The van der Waals surface area contributed by atoms with Gasteiger partial charge in [-0.3, -0.25) is 19.2 Å². The molecule has 2 aromatic rings. The van der Waals surface area contributed by atoms with Crippen molar-refractivity contribution in [3.63, 3.8) is 0 Å². The van der Waals surface area contributed by atoms with Gasteiger partial charge in [-0.1, -0.05) is 57.5 Å². The fourth-order valence-electron chi connectivity index (χ4n) is 7.33. The number of aromatic nitrogens is 2. The standard InChI is InChI=1S/C35H52N6O4/c1-6-7-17-40-32(42)31(22-25(2)3)36-33(43)35(40)15-20-38(21-16-35)23-30-26(4)37-41(27(30)5)29-13-18-39(19-14-29)34(44)45-24-28-11-9-8-10-12-28/h8-12,25,29,31H,6-7,13-24H2,1-5H3,(H,36,43). The van der Waals surface area contributed by atoms with Gasteiger partial charge in [-0.15, -0.1) is 0 Å². The van der Waals surface area contributed by atoms with Crippen LogP contribution in [0.15, 0.2) is 30.3 Å². The highest BCUT2D eigenvalue weighted by atomic mass is 16.6. The smallest absolute Gasteiger partial charge is 0.410 e. The second-order valence-corrected chi connectivity index (χ2v) is 13.7. The Bertz CT molecular complexity index is 1330. The van der Waals surface area contributed by atoms with Crippen LogP contribution < -0.4 is 5.32 Å². The third kappa shape index (κ3) is 7.21. The molecule has 1 aromatic heterocycles. The first-order valence-corrected chi connectivity index (χ1v) is 17.0. The number of aryl methyl sites for hydroxylation is 1. The molecule has 1 unspecified atom stereocenters. The molecule has 3 amide bonds. The normalized spacial score (nSPS) is 21.1. The lowest BCUT2D eigenvalue weighted by Gasteiger charge is -2.52. The maximum absolute atomic E-state index is 13.6. The summed E-state index contributed by atoms with van der Waals surface area (Å²) in [5, 5.41) is 8.08. The number of likely N-dealkylation sites (tertiary alicyclic amines) is 2. The number of hydrogen-bond acceptors (Lipinski definition) is 6. The van der Waals surface area contributed by atoms with Crippen LogP contribution in [-0.2, 0) is 27.5 Å². The third-order valence-electron chi connectivity index (χ3n) is 10.1. The van der Waals surface area contributed by atoms with Crippen LogP contribution in [0.2, 0.25) is 0 Å². The van der Waals surface area contributed by atoms with E-state index in [0.717, 1.165) is 56.6 Å². The fraction of sp³-hybridized carbons (Fsp3) is 0.657. The molecule has 45 heavy (non-hydrogen) atoms. The number of nitrogens with one attached hydrogen (secondary N) is 1. The van der Waals surface area contributed by atoms with Gasteiger partial charge in [0.2, 0.25) is 11.8 Å². The summed E-state index contributed by atoms with van der Waals surface area (Å²) in [6, 6.07) is 9.58. The van der Waals surface area contributed by atoms with Crippen molar-refractivity contribution in [3.05, 3.63) is 52.8 Å². The van der Waals surface area contributed by atoms with Crippen molar-refractivity contribution in [1.29, 1.82) is 0 Å². The largest absolute Gasteiger partial charge is 0.445 e. The molecule has 3 aliphatic rings. The second kappa shape index (κ2) is 14.4. The molecule has 3 saturated heterocycles. The average Bonchev–Trinajstić information content (AvgIpc) is 3.32. The molecule has 4 heterocycles. The Labute approximate surface area is 268 Å². The van der Waals surface area contributed by atoms with Crippen LogP contribution in [0.4, 0.5) is 4.79 Å². The Hall–Kier alpha value is -3.40. The molecule has 0 bridgehead atoms. The molecule has 1 aromatic carbocycles. The van der Waals surface area contributed by atoms with Crippen molar-refractivity contribution >= 4 is 17.9 Å². The molecule has 246 valence electrons. The Balaban J connectivity index is 1.17. The third-order valence-corrected chi connectivity index (χ3v) is 10.1. The Morgan fingerprint density at radius 1 is 1.07 bits per heavy atom. The summed E-state index contributed by atoms with van der Waals surface area (Å²) in [4.78, 5) is 46.1. The van der Waals surface area contributed by atoms with Crippen molar-refractivity contribution < 1.29 is 19.1 Å². The van der Waals surface area contributed by atoms with Gasteiger partial charge in [-0.2, -0.15) is 5.10 Å². The SMILES string of the molecule is CCCCN1C(=O)C(CC(C)C)NC(=O)C12CCN(Cc1c(C)nn(C3CCN(C(=O)OCc4ccccc4)CC3)c1C)CC2. The van der Waals surface area contributed by atoms with Crippen LogP contribution in [0, 0.1) is 19.8 Å². The number of piperazine rings is 1. The van der Waals surface area contributed by atoms with Crippen molar-refractivity contribution in [2.75, 3.05) is 32.7 Å². The van der Waals surface area contributed by atoms with Gasteiger partial charge >= 0.3 is 6.09 Å². The molecule has 0 saturated carbocycles. The quantitative estimate of drug-likeness (QED) is 0.402. The van der Waals surface area contributed by atoms with Gasteiger partial charge in [-0.05, 0) is 63.9 Å². The van der Waals surface area contributed by atoms with Crippen molar-refractivity contribution in [2.24, 2.45) is 5.92 Å². The van der Waals surface area contributed by atoms with E-state index in [-0.39, 0.29) is 30.6 Å².